The fourth-order valence-corrected chi connectivity index (χ4v) is 8.04. The number of ether oxygens (including phenoxy) is 1. The average molecular weight is 728 g/mol. The number of ketones is 1. The molecule has 5 aromatic rings. The number of aromatic nitrogens is 2. The standard InChI is InChI=1S/C41H44Cl2N4O4/c1-28(2)51-32-8-5-7-29(23-32)24-38(48)46-21-17-41(27-46,31-12-13-34(42)35(43)25-31)16-20-45-18-14-30(15-19-45)39(49)40-44-36-10-3-4-11-37(36)47(40)26-33-9-6-22-50-33/h3-13,22-23,25,28,30H,14-21,24,26-27H2,1-2H3. The lowest BCUT2D eigenvalue weighted by Gasteiger charge is -2.36. The number of imidazole rings is 1. The van der Waals surface area contributed by atoms with Gasteiger partial charge < -0.3 is 23.5 Å². The fraction of sp³-hybridized carbons (Fsp3) is 0.390. The van der Waals surface area contributed by atoms with Crippen molar-refractivity contribution in [3.63, 3.8) is 0 Å². The Balaban J connectivity index is 1.02. The highest BCUT2D eigenvalue weighted by molar-refractivity contribution is 6.42. The Morgan fingerprint density at radius 2 is 1.78 bits per heavy atom. The molecule has 4 heterocycles. The van der Waals surface area contributed by atoms with Gasteiger partial charge in [0.25, 0.3) is 0 Å². The third kappa shape index (κ3) is 7.88. The summed E-state index contributed by atoms with van der Waals surface area (Å²) < 4.78 is 13.5. The molecule has 2 aliphatic rings. The number of para-hydroxylation sites is 2. The van der Waals surface area contributed by atoms with E-state index in [1.54, 1.807) is 6.26 Å². The summed E-state index contributed by atoms with van der Waals surface area (Å²) in [5.74, 6) is 2.17. The molecule has 1 unspecified atom stereocenters. The average Bonchev–Trinajstić information content (AvgIpc) is 3.89. The lowest BCUT2D eigenvalue weighted by atomic mass is 9.76. The van der Waals surface area contributed by atoms with Gasteiger partial charge in [0.15, 0.2) is 5.82 Å². The number of nitrogens with zero attached hydrogens (tertiary/aromatic N) is 4. The minimum Gasteiger partial charge on any atom is -0.491 e. The molecule has 0 bridgehead atoms. The number of carbonyl (C=O) groups excluding carboxylic acids is 2. The van der Waals surface area contributed by atoms with E-state index in [4.69, 9.17) is 37.3 Å². The van der Waals surface area contributed by atoms with Gasteiger partial charge in [-0.2, -0.15) is 0 Å². The zero-order chi connectivity index (χ0) is 35.5. The van der Waals surface area contributed by atoms with Crippen LogP contribution in [0.2, 0.25) is 10.0 Å². The van der Waals surface area contributed by atoms with Crippen LogP contribution in [-0.4, -0.2) is 69.9 Å². The lowest BCUT2D eigenvalue weighted by Crippen LogP contribution is -2.41. The molecular formula is C41H44Cl2N4O4. The first kappa shape index (κ1) is 35.3. The molecule has 3 aromatic carbocycles. The number of fused-ring (bicyclic) bond motifs is 1. The Labute approximate surface area is 309 Å². The minimum absolute atomic E-state index is 0.0652. The van der Waals surface area contributed by atoms with E-state index in [2.05, 4.69) is 11.0 Å². The first-order valence-electron chi connectivity index (χ1n) is 17.9. The van der Waals surface area contributed by atoms with Gasteiger partial charge in [0, 0.05) is 24.4 Å². The topological polar surface area (TPSA) is 80.8 Å². The number of halogens is 2. The molecule has 0 saturated carbocycles. The van der Waals surface area contributed by atoms with Gasteiger partial charge in [-0.1, -0.05) is 53.5 Å². The maximum atomic E-state index is 14.0. The summed E-state index contributed by atoms with van der Waals surface area (Å²) in [5, 5.41) is 1.05. The van der Waals surface area contributed by atoms with Crippen LogP contribution in [0.25, 0.3) is 11.0 Å². The van der Waals surface area contributed by atoms with Gasteiger partial charge in [0.2, 0.25) is 11.7 Å². The number of hydrogen-bond donors (Lipinski definition) is 0. The number of rotatable bonds is 12. The van der Waals surface area contributed by atoms with Crippen LogP contribution in [0.3, 0.4) is 0 Å². The summed E-state index contributed by atoms with van der Waals surface area (Å²) in [6, 6.07) is 25.4. The van der Waals surface area contributed by atoms with Crippen LogP contribution >= 0.6 is 23.2 Å². The highest BCUT2D eigenvalue weighted by atomic mass is 35.5. The summed E-state index contributed by atoms with van der Waals surface area (Å²) >= 11 is 12.9. The van der Waals surface area contributed by atoms with E-state index in [-0.39, 0.29) is 29.1 Å². The van der Waals surface area contributed by atoms with E-state index in [1.165, 1.54) is 0 Å². The van der Waals surface area contributed by atoms with E-state index in [1.807, 2.05) is 96.1 Å². The largest absolute Gasteiger partial charge is 0.491 e. The van der Waals surface area contributed by atoms with Crippen LogP contribution in [0.1, 0.15) is 67.0 Å². The quantitative estimate of drug-likeness (QED) is 0.120. The minimum atomic E-state index is -0.254. The van der Waals surface area contributed by atoms with Gasteiger partial charge in [0.05, 0.1) is 46.4 Å². The molecule has 0 spiro atoms. The Morgan fingerprint density at radius 3 is 2.55 bits per heavy atom. The summed E-state index contributed by atoms with van der Waals surface area (Å²) in [6.07, 6.45) is 5.29. The van der Waals surface area contributed by atoms with Crippen molar-refractivity contribution >= 4 is 45.9 Å². The van der Waals surface area contributed by atoms with Gasteiger partial charge in [0.1, 0.15) is 11.5 Å². The van der Waals surface area contributed by atoms with E-state index in [0.29, 0.717) is 41.9 Å². The summed E-state index contributed by atoms with van der Waals surface area (Å²) in [5.41, 5.74) is 3.55. The number of benzene rings is 3. The molecule has 1 amide bonds. The van der Waals surface area contributed by atoms with Crippen LogP contribution in [-0.2, 0) is 23.2 Å². The second kappa shape index (κ2) is 15.2. The van der Waals surface area contributed by atoms with Crippen LogP contribution < -0.4 is 4.74 Å². The monoisotopic (exact) mass is 726 g/mol. The molecular weight excluding hydrogens is 683 g/mol. The van der Waals surface area contributed by atoms with Crippen LogP contribution in [0.15, 0.2) is 89.5 Å². The molecule has 0 radical (unpaired) electrons. The Bertz CT molecular complexity index is 2000. The van der Waals surface area contributed by atoms with E-state index >= 15 is 0 Å². The zero-order valence-corrected chi connectivity index (χ0v) is 30.7. The maximum Gasteiger partial charge on any atom is 0.227 e. The molecule has 51 heavy (non-hydrogen) atoms. The fourth-order valence-electron chi connectivity index (χ4n) is 7.74. The number of amides is 1. The Kier molecular flexibility index (Phi) is 10.6. The third-order valence-electron chi connectivity index (χ3n) is 10.5. The number of Topliss-reactive ketones (excluding diaryl/α,β-unsaturated/α-hetero) is 1. The highest BCUT2D eigenvalue weighted by Crippen LogP contribution is 2.41. The molecule has 2 fully saturated rings. The SMILES string of the molecule is CC(C)Oc1cccc(CC(=O)N2CCC(CCN3CCC(C(=O)c4nc5ccccc5n4Cc4ccco4)CC3)(c3ccc(Cl)c(Cl)c3)C2)c1. The molecule has 1 atom stereocenters. The molecule has 8 nitrogen and oxygen atoms in total. The summed E-state index contributed by atoms with van der Waals surface area (Å²) in [6.45, 7) is 8.25. The zero-order valence-electron chi connectivity index (χ0n) is 29.2. The van der Waals surface area contributed by atoms with Gasteiger partial charge in [-0.25, -0.2) is 4.98 Å². The van der Waals surface area contributed by atoms with Crippen molar-refractivity contribution in [3.05, 3.63) is 118 Å². The van der Waals surface area contributed by atoms with E-state index in [9.17, 15) is 9.59 Å². The van der Waals surface area contributed by atoms with Gasteiger partial charge in [-0.05, 0) is 119 Å². The number of piperidine rings is 1. The van der Waals surface area contributed by atoms with Crippen LogP contribution in [0.5, 0.6) is 5.75 Å². The van der Waals surface area contributed by atoms with Crippen LogP contribution in [0.4, 0.5) is 0 Å². The predicted molar refractivity (Wildman–Crippen MR) is 201 cm³/mol. The Morgan fingerprint density at radius 1 is 0.961 bits per heavy atom. The summed E-state index contributed by atoms with van der Waals surface area (Å²) in [4.78, 5) is 36.9. The predicted octanol–water partition coefficient (Wildman–Crippen LogP) is 8.47. The number of likely N-dealkylation sites (tertiary alicyclic amines) is 2. The first-order valence-corrected chi connectivity index (χ1v) is 18.7. The van der Waals surface area contributed by atoms with Crippen molar-refractivity contribution in [2.24, 2.45) is 5.92 Å². The third-order valence-corrected chi connectivity index (χ3v) is 11.2. The highest BCUT2D eigenvalue weighted by Gasteiger charge is 2.42. The van der Waals surface area contributed by atoms with Crippen molar-refractivity contribution in [2.75, 3.05) is 32.7 Å². The normalized spacial score (nSPS) is 18.6. The van der Waals surface area contributed by atoms with Crippen molar-refractivity contribution in [1.82, 2.24) is 19.4 Å². The molecule has 10 heteroatoms. The summed E-state index contributed by atoms with van der Waals surface area (Å²) in [7, 11) is 0. The smallest absolute Gasteiger partial charge is 0.227 e. The second-order valence-electron chi connectivity index (χ2n) is 14.3. The number of furan rings is 1. The van der Waals surface area contributed by atoms with Crippen molar-refractivity contribution in [2.45, 2.75) is 64.0 Å². The molecule has 0 aliphatic carbocycles. The van der Waals surface area contributed by atoms with E-state index in [0.717, 1.165) is 79.0 Å². The lowest BCUT2D eigenvalue weighted by molar-refractivity contribution is -0.129. The molecule has 266 valence electrons. The van der Waals surface area contributed by atoms with Gasteiger partial charge in [-0.15, -0.1) is 0 Å². The number of carbonyl (C=O) groups is 2. The molecule has 7 rings (SSSR count). The van der Waals surface area contributed by atoms with Crippen molar-refractivity contribution in [1.29, 1.82) is 0 Å². The van der Waals surface area contributed by atoms with Crippen molar-refractivity contribution in [3.8, 4) is 5.75 Å². The van der Waals surface area contributed by atoms with Crippen LogP contribution in [0, 0.1) is 5.92 Å². The second-order valence-corrected chi connectivity index (χ2v) is 15.1. The van der Waals surface area contributed by atoms with E-state index < -0.39 is 0 Å². The molecule has 2 saturated heterocycles. The van der Waals surface area contributed by atoms with Gasteiger partial charge >= 0.3 is 0 Å². The Hall–Kier alpha value is -4.11. The maximum absolute atomic E-state index is 14.0. The molecule has 2 aliphatic heterocycles. The van der Waals surface area contributed by atoms with Crippen molar-refractivity contribution < 1.29 is 18.7 Å². The van der Waals surface area contributed by atoms with Gasteiger partial charge in [-0.3, -0.25) is 9.59 Å². The molecule has 0 N–H and O–H groups in total. The first-order chi connectivity index (χ1) is 24.7. The molecule has 2 aromatic heterocycles. The number of hydrogen-bond acceptors (Lipinski definition) is 6.